The lowest BCUT2D eigenvalue weighted by Crippen LogP contribution is -2.27. The number of terminal acetylenes is 1. The summed E-state index contributed by atoms with van der Waals surface area (Å²) in [7, 11) is 0. The van der Waals surface area contributed by atoms with Crippen LogP contribution in [-0.2, 0) is 4.79 Å². The summed E-state index contributed by atoms with van der Waals surface area (Å²) in [6.07, 6.45) is 12.3. The zero-order valence-corrected chi connectivity index (χ0v) is 18.0. The number of nitrogens with zero attached hydrogens (tertiary/aromatic N) is 3. The number of fused-ring (bicyclic) bond motifs is 2. The SMILES string of the molecule is C#Cc1ccc(NC(=O)C(C#N)C2C[C@H]3CC(c4ccnc5ccc(F)cc45)C[C@H]3C2)cn1. The van der Waals surface area contributed by atoms with Crippen LogP contribution in [0.25, 0.3) is 10.9 Å². The summed E-state index contributed by atoms with van der Waals surface area (Å²) in [6.45, 7) is 0. The first-order chi connectivity index (χ1) is 16.1. The first kappa shape index (κ1) is 21.1. The molecular weight excluding hydrogens is 415 g/mol. The number of rotatable bonds is 4. The molecule has 2 aromatic heterocycles. The first-order valence-electron chi connectivity index (χ1n) is 11.2. The average molecular weight is 439 g/mol. The van der Waals surface area contributed by atoms with Crippen LogP contribution >= 0.6 is 0 Å². The van der Waals surface area contributed by atoms with E-state index >= 15 is 0 Å². The molecule has 33 heavy (non-hydrogen) atoms. The van der Waals surface area contributed by atoms with Crippen molar-refractivity contribution in [3.8, 4) is 18.4 Å². The number of carbonyl (C=O) groups is 1. The number of aromatic nitrogens is 2. The van der Waals surface area contributed by atoms with Gasteiger partial charge in [-0.25, -0.2) is 9.37 Å². The van der Waals surface area contributed by atoms with E-state index in [2.05, 4.69) is 27.3 Å². The molecule has 1 aromatic carbocycles. The molecule has 5 rings (SSSR count). The van der Waals surface area contributed by atoms with Crippen molar-refractivity contribution in [2.24, 2.45) is 23.7 Å². The van der Waals surface area contributed by atoms with Crippen LogP contribution in [0, 0.1) is 53.2 Å². The molecule has 6 heteroatoms. The predicted molar refractivity (Wildman–Crippen MR) is 123 cm³/mol. The van der Waals surface area contributed by atoms with Crippen LogP contribution in [0.3, 0.4) is 0 Å². The molecule has 164 valence electrons. The Kier molecular flexibility index (Phi) is 5.52. The Morgan fingerprint density at radius 3 is 2.58 bits per heavy atom. The number of halogens is 1. The lowest BCUT2D eigenvalue weighted by Gasteiger charge is -2.20. The van der Waals surface area contributed by atoms with E-state index in [1.54, 1.807) is 30.5 Å². The minimum Gasteiger partial charge on any atom is -0.324 e. The van der Waals surface area contributed by atoms with E-state index in [1.165, 1.54) is 12.3 Å². The lowest BCUT2D eigenvalue weighted by atomic mass is 9.85. The fourth-order valence-corrected chi connectivity index (χ4v) is 5.84. The molecule has 0 spiro atoms. The average Bonchev–Trinajstić information content (AvgIpc) is 3.39. The molecule has 0 aliphatic heterocycles. The summed E-state index contributed by atoms with van der Waals surface area (Å²) in [5.74, 6) is 2.53. The van der Waals surface area contributed by atoms with Gasteiger partial charge in [0.25, 0.3) is 0 Å². The van der Waals surface area contributed by atoms with Gasteiger partial charge in [-0.05, 0) is 91.3 Å². The van der Waals surface area contributed by atoms with E-state index in [0.29, 0.717) is 29.1 Å². The maximum absolute atomic E-state index is 13.9. The first-order valence-corrected chi connectivity index (χ1v) is 11.2. The number of nitriles is 1. The van der Waals surface area contributed by atoms with E-state index in [9.17, 15) is 14.4 Å². The molecule has 3 aromatic rings. The van der Waals surface area contributed by atoms with Crippen LogP contribution in [0.4, 0.5) is 10.1 Å². The lowest BCUT2D eigenvalue weighted by molar-refractivity contribution is -0.119. The maximum Gasteiger partial charge on any atom is 0.242 e. The standard InChI is InChI=1S/C27H23FN4O/c1-2-21-4-5-22(15-31-21)32-27(33)25(14-29)19-11-16-9-18(10-17(16)12-19)23-7-8-30-26-6-3-20(28)13-24(23)26/h1,3-8,13,15-19,25H,9-12H2,(H,32,33)/t16-,17+,18?,19?,25?. The van der Waals surface area contributed by atoms with Crippen molar-refractivity contribution in [3.63, 3.8) is 0 Å². The fourth-order valence-electron chi connectivity index (χ4n) is 5.84. The smallest absolute Gasteiger partial charge is 0.242 e. The summed E-state index contributed by atoms with van der Waals surface area (Å²) in [6, 6.07) is 12.4. The highest BCUT2D eigenvalue weighted by Crippen LogP contribution is 2.54. The van der Waals surface area contributed by atoms with Crippen molar-refractivity contribution in [2.45, 2.75) is 31.6 Å². The van der Waals surface area contributed by atoms with Gasteiger partial charge in [0, 0.05) is 11.6 Å². The van der Waals surface area contributed by atoms with Gasteiger partial charge in [0.2, 0.25) is 5.91 Å². The molecule has 2 saturated carbocycles. The van der Waals surface area contributed by atoms with Crippen LogP contribution < -0.4 is 5.32 Å². The number of hydrogen-bond donors (Lipinski definition) is 1. The zero-order valence-electron chi connectivity index (χ0n) is 18.0. The third-order valence-electron chi connectivity index (χ3n) is 7.30. The van der Waals surface area contributed by atoms with Crippen LogP contribution in [0.2, 0.25) is 0 Å². The monoisotopic (exact) mass is 438 g/mol. The van der Waals surface area contributed by atoms with E-state index in [-0.39, 0.29) is 17.6 Å². The Morgan fingerprint density at radius 1 is 1.12 bits per heavy atom. The highest BCUT2D eigenvalue weighted by atomic mass is 19.1. The van der Waals surface area contributed by atoms with Gasteiger partial charge in [0.1, 0.15) is 17.4 Å². The minimum atomic E-state index is -0.697. The minimum absolute atomic E-state index is 0.0375. The Balaban J connectivity index is 1.26. The highest BCUT2D eigenvalue weighted by Gasteiger charge is 2.46. The summed E-state index contributed by atoms with van der Waals surface area (Å²) in [4.78, 5) is 21.3. The number of amides is 1. The van der Waals surface area contributed by atoms with E-state index in [4.69, 9.17) is 6.42 Å². The Bertz CT molecular complexity index is 1280. The molecule has 5 atom stereocenters. The summed E-state index contributed by atoms with van der Waals surface area (Å²) in [5, 5.41) is 13.5. The molecule has 5 nitrogen and oxygen atoms in total. The maximum atomic E-state index is 13.9. The predicted octanol–water partition coefficient (Wildman–Crippen LogP) is 5.05. The normalized spacial score (nSPS) is 24.6. The number of carbonyl (C=O) groups excluding carboxylic acids is 1. The van der Waals surface area contributed by atoms with Crippen molar-refractivity contribution in [2.75, 3.05) is 5.32 Å². The van der Waals surface area contributed by atoms with Gasteiger partial charge in [-0.2, -0.15) is 5.26 Å². The molecule has 2 heterocycles. The summed E-state index contributed by atoms with van der Waals surface area (Å²) in [5.41, 5.74) is 3.00. The molecule has 0 radical (unpaired) electrons. The van der Waals surface area contributed by atoms with Gasteiger partial charge in [-0.15, -0.1) is 6.42 Å². The van der Waals surface area contributed by atoms with Gasteiger partial charge >= 0.3 is 0 Å². The van der Waals surface area contributed by atoms with Crippen LogP contribution in [-0.4, -0.2) is 15.9 Å². The van der Waals surface area contributed by atoms with Gasteiger partial charge in [-0.3, -0.25) is 9.78 Å². The van der Waals surface area contributed by atoms with E-state index < -0.39 is 5.92 Å². The number of pyridine rings is 2. The number of benzene rings is 1. The van der Waals surface area contributed by atoms with Crippen molar-refractivity contribution in [3.05, 3.63) is 65.9 Å². The molecule has 1 N–H and O–H groups in total. The third kappa shape index (κ3) is 4.05. The van der Waals surface area contributed by atoms with Crippen molar-refractivity contribution < 1.29 is 9.18 Å². The molecule has 2 aliphatic carbocycles. The Hall–Kier alpha value is -3.77. The quantitative estimate of drug-likeness (QED) is 0.578. The fraction of sp³-hybridized carbons (Fsp3) is 0.333. The van der Waals surface area contributed by atoms with Gasteiger partial charge in [-0.1, -0.05) is 5.92 Å². The van der Waals surface area contributed by atoms with Crippen molar-refractivity contribution in [1.29, 1.82) is 5.26 Å². The molecular formula is C27H23FN4O. The summed E-state index contributed by atoms with van der Waals surface area (Å²) >= 11 is 0. The molecule has 3 unspecified atom stereocenters. The van der Waals surface area contributed by atoms with Gasteiger partial charge in [0.05, 0.1) is 23.5 Å². The second-order valence-corrected chi connectivity index (χ2v) is 9.15. The zero-order chi connectivity index (χ0) is 22.9. The van der Waals surface area contributed by atoms with E-state index in [1.807, 2.05) is 6.07 Å². The molecule has 2 fully saturated rings. The van der Waals surface area contributed by atoms with Crippen LogP contribution in [0.15, 0.2) is 48.8 Å². The summed E-state index contributed by atoms with van der Waals surface area (Å²) < 4.78 is 13.9. The molecule has 1 amide bonds. The van der Waals surface area contributed by atoms with Crippen molar-refractivity contribution >= 4 is 22.5 Å². The number of nitrogens with one attached hydrogen (secondary N) is 1. The van der Waals surface area contributed by atoms with E-state index in [0.717, 1.165) is 42.1 Å². The van der Waals surface area contributed by atoms with Gasteiger partial charge in [0.15, 0.2) is 0 Å². The molecule has 0 bridgehead atoms. The second kappa shape index (κ2) is 8.64. The van der Waals surface area contributed by atoms with Crippen LogP contribution in [0.5, 0.6) is 0 Å². The molecule has 0 saturated heterocycles. The van der Waals surface area contributed by atoms with Crippen LogP contribution in [0.1, 0.15) is 42.9 Å². The second-order valence-electron chi connectivity index (χ2n) is 9.15. The largest absolute Gasteiger partial charge is 0.324 e. The number of hydrogen-bond acceptors (Lipinski definition) is 4. The number of anilines is 1. The Morgan fingerprint density at radius 2 is 1.91 bits per heavy atom. The van der Waals surface area contributed by atoms with Crippen molar-refractivity contribution in [1.82, 2.24) is 9.97 Å². The topological polar surface area (TPSA) is 78.7 Å². The van der Waals surface area contributed by atoms with Gasteiger partial charge < -0.3 is 5.32 Å². The highest BCUT2D eigenvalue weighted by molar-refractivity contribution is 5.94. The Labute approximate surface area is 192 Å². The third-order valence-corrected chi connectivity index (χ3v) is 7.30. The molecule has 2 aliphatic rings.